The molecule has 0 aromatic heterocycles. The Kier molecular flexibility index (Phi) is 5.33. The maximum Gasteiger partial charge on any atom is 0.123 e. The highest BCUT2D eigenvalue weighted by atomic mass is 19.1. The highest BCUT2D eigenvalue weighted by Gasteiger charge is 2.00. The van der Waals surface area contributed by atoms with Gasteiger partial charge in [0, 0.05) is 6.54 Å². The Bertz CT molecular complexity index is 286. The van der Waals surface area contributed by atoms with Crippen molar-refractivity contribution in [1.82, 2.24) is 5.32 Å². The zero-order chi connectivity index (χ0) is 11.1. The van der Waals surface area contributed by atoms with Crippen molar-refractivity contribution in [2.24, 2.45) is 5.92 Å². The van der Waals surface area contributed by atoms with Gasteiger partial charge in [-0.15, -0.1) is 0 Å². The summed E-state index contributed by atoms with van der Waals surface area (Å²) in [6.07, 6.45) is 2.47. The Hall–Kier alpha value is -0.890. The van der Waals surface area contributed by atoms with E-state index in [4.69, 9.17) is 0 Å². The summed E-state index contributed by atoms with van der Waals surface area (Å²) in [6.45, 7) is 6.20. The summed E-state index contributed by atoms with van der Waals surface area (Å²) in [4.78, 5) is 0. The van der Waals surface area contributed by atoms with E-state index < -0.39 is 0 Å². The molecule has 0 amide bonds. The third-order valence-corrected chi connectivity index (χ3v) is 2.49. The summed E-state index contributed by atoms with van der Waals surface area (Å²) in [5.41, 5.74) is 1.01. The van der Waals surface area contributed by atoms with E-state index in [1.165, 1.54) is 18.9 Å². The van der Waals surface area contributed by atoms with Gasteiger partial charge in [-0.05, 0) is 36.6 Å². The van der Waals surface area contributed by atoms with Gasteiger partial charge in [0.05, 0.1) is 0 Å². The lowest BCUT2D eigenvalue weighted by Gasteiger charge is -2.11. The molecule has 0 saturated heterocycles. The molecule has 84 valence electrons. The molecule has 15 heavy (non-hydrogen) atoms. The fourth-order valence-electron chi connectivity index (χ4n) is 1.70. The van der Waals surface area contributed by atoms with Crippen LogP contribution in [0.15, 0.2) is 24.3 Å². The Morgan fingerprint density at radius 3 is 2.87 bits per heavy atom. The van der Waals surface area contributed by atoms with E-state index >= 15 is 0 Å². The lowest BCUT2D eigenvalue weighted by molar-refractivity contribution is 0.475. The number of nitrogens with one attached hydrogen (secondary N) is 1. The number of halogens is 1. The average molecular weight is 209 g/mol. The number of hydrogen-bond acceptors (Lipinski definition) is 1. The fraction of sp³-hybridized carbons (Fsp3) is 0.538. The Balaban J connectivity index is 2.25. The van der Waals surface area contributed by atoms with Crippen molar-refractivity contribution < 1.29 is 4.39 Å². The summed E-state index contributed by atoms with van der Waals surface area (Å²) in [7, 11) is 0. The number of hydrogen-bond donors (Lipinski definition) is 1. The van der Waals surface area contributed by atoms with Crippen LogP contribution in [0, 0.1) is 11.7 Å². The van der Waals surface area contributed by atoms with E-state index in [0.717, 1.165) is 18.7 Å². The molecule has 0 aliphatic heterocycles. The van der Waals surface area contributed by atoms with Crippen molar-refractivity contribution in [2.45, 2.75) is 33.2 Å². The second-order valence-electron chi connectivity index (χ2n) is 4.15. The minimum absolute atomic E-state index is 0.157. The molecule has 0 unspecified atom stereocenters. The second-order valence-corrected chi connectivity index (χ2v) is 4.15. The van der Waals surface area contributed by atoms with Crippen LogP contribution in [0.4, 0.5) is 4.39 Å². The van der Waals surface area contributed by atoms with Gasteiger partial charge in [0.1, 0.15) is 5.82 Å². The predicted octanol–water partition coefficient (Wildman–Crippen LogP) is 3.35. The zero-order valence-electron chi connectivity index (χ0n) is 9.59. The monoisotopic (exact) mass is 209 g/mol. The first-order chi connectivity index (χ1) is 7.22. The molecule has 0 aliphatic carbocycles. The Morgan fingerprint density at radius 2 is 2.20 bits per heavy atom. The van der Waals surface area contributed by atoms with Crippen molar-refractivity contribution in [2.75, 3.05) is 6.54 Å². The largest absolute Gasteiger partial charge is 0.312 e. The van der Waals surface area contributed by atoms with Gasteiger partial charge < -0.3 is 5.32 Å². The van der Waals surface area contributed by atoms with E-state index in [1.807, 2.05) is 6.07 Å². The highest BCUT2D eigenvalue weighted by Crippen LogP contribution is 2.05. The van der Waals surface area contributed by atoms with E-state index in [2.05, 4.69) is 19.2 Å². The van der Waals surface area contributed by atoms with Gasteiger partial charge in [-0.2, -0.15) is 0 Å². The molecular formula is C13H20FN. The summed E-state index contributed by atoms with van der Waals surface area (Å²) in [5.74, 6) is 0.541. The first kappa shape index (κ1) is 12.2. The quantitative estimate of drug-likeness (QED) is 0.757. The normalized spacial score (nSPS) is 12.7. The van der Waals surface area contributed by atoms with Crippen LogP contribution in [0.1, 0.15) is 32.3 Å². The number of benzene rings is 1. The number of rotatable bonds is 6. The van der Waals surface area contributed by atoms with Gasteiger partial charge in [-0.1, -0.05) is 32.4 Å². The SMILES string of the molecule is CCC[C@H](C)CNCc1cccc(F)c1. The zero-order valence-corrected chi connectivity index (χ0v) is 9.59. The molecule has 1 rings (SSSR count). The van der Waals surface area contributed by atoms with Crippen LogP contribution in [0.25, 0.3) is 0 Å². The molecule has 0 fully saturated rings. The molecule has 1 nitrogen and oxygen atoms in total. The summed E-state index contributed by atoms with van der Waals surface area (Å²) >= 11 is 0. The van der Waals surface area contributed by atoms with Crippen LogP contribution in [-0.2, 0) is 6.54 Å². The van der Waals surface area contributed by atoms with E-state index in [1.54, 1.807) is 12.1 Å². The molecule has 0 spiro atoms. The van der Waals surface area contributed by atoms with Crippen molar-refractivity contribution >= 4 is 0 Å². The molecule has 2 heteroatoms. The minimum atomic E-state index is -0.157. The topological polar surface area (TPSA) is 12.0 Å². The highest BCUT2D eigenvalue weighted by molar-refractivity contribution is 5.15. The van der Waals surface area contributed by atoms with Crippen LogP contribution >= 0.6 is 0 Å². The van der Waals surface area contributed by atoms with Gasteiger partial charge in [-0.25, -0.2) is 4.39 Å². The molecule has 1 aromatic rings. The first-order valence-corrected chi connectivity index (χ1v) is 5.67. The molecule has 0 heterocycles. The molecule has 0 radical (unpaired) electrons. The van der Waals surface area contributed by atoms with E-state index in [-0.39, 0.29) is 5.82 Å². The smallest absolute Gasteiger partial charge is 0.123 e. The molecular weight excluding hydrogens is 189 g/mol. The lowest BCUT2D eigenvalue weighted by atomic mass is 10.1. The van der Waals surface area contributed by atoms with Crippen LogP contribution in [0.2, 0.25) is 0 Å². The van der Waals surface area contributed by atoms with Crippen molar-refractivity contribution in [3.8, 4) is 0 Å². The lowest BCUT2D eigenvalue weighted by Crippen LogP contribution is -2.20. The summed E-state index contributed by atoms with van der Waals surface area (Å²) < 4.78 is 12.8. The summed E-state index contributed by atoms with van der Waals surface area (Å²) in [6, 6.07) is 6.75. The maximum atomic E-state index is 12.8. The van der Waals surface area contributed by atoms with Gasteiger partial charge in [0.25, 0.3) is 0 Å². The van der Waals surface area contributed by atoms with Crippen molar-refractivity contribution in [1.29, 1.82) is 0 Å². The van der Waals surface area contributed by atoms with Crippen LogP contribution in [0.3, 0.4) is 0 Å². The molecule has 1 aromatic carbocycles. The third kappa shape index (κ3) is 4.93. The standard InChI is InChI=1S/C13H20FN/c1-3-5-11(2)9-15-10-12-6-4-7-13(14)8-12/h4,6-8,11,15H,3,5,9-10H2,1-2H3/t11-/m0/s1. The minimum Gasteiger partial charge on any atom is -0.312 e. The van der Waals surface area contributed by atoms with E-state index in [0.29, 0.717) is 5.92 Å². The maximum absolute atomic E-state index is 12.8. The van der Waals surface area contributed by atoms with Crippen LogP contribution in [-0.4, -0.2) is 6.54 Å². The summed E-state index contributed by atoms with van der Waals surface area (Å²) in [5, 5.41) is 3.35. The predicted molar refractivity (Wildman–Crippen MR) is 62.2 cm³/mol. The Morgan fingerprint density at radius 1 is 1.40 bits per heavy atom. The van der Waals surface area contributed by atoms with Gasteiger partial charge in [0.15, 0.2) is 0 Å². The molecule has 0 saturated carbocycles. The molecule has 1 N–H and O–H groups in total. The fourth-order valence-corrected chi connectivity index (χ4v) is 1.70. The van der Waals surface area contributed by atoms with E-state index in [9.17, 15) is 4.39 Å². The van der Waals surface area contributed by atoms with Crippen LogP contribution < -0.4 is 5.32 Å². The van der Waals surface area contributed by atoms with Crippen molar-refractivity contribution in [3.05, 3.63) is 35.6 Å². The van der Waals surface area contributed by atoms with Gasteiger partial charge >= 0.3 is 0 Å². The van der Waals surface area contributed by atoms with Gasteiger partial charge in [-0.3, -0.25) is 0 Å². The molecule has 0 aliphatic rings. The van der Waals surface area contributed by atoms with Crippen LogP contribution in [0.5, 0.6) is 0 Å². The molecule has 0 bridgehead atoms. The Labute approximate surface area is 91.7 Å². The third-order valence-electron chi connectivity index (χ3n) is 2.49. The first-order valence-electron chi connectivity index (χ1n) is 5.67. The van der Waals surface area contributed by atoms with Gasteiger partial charge in [0.2, 0.25) is 0 Å². The average Bonchev–Trinajstić information content (AvgIpc) is 2.18. The molecule has 1 atom stereocenters. The second kappa shape index (κ2) is 6.57. The van der Waals surface area contributed by atoms with Crippen molar-refractivity contribution in [3.63, 3.8) is 0 Å².